The lowest BCUT2D eigenvalue weighted by atomic mass is 9.99. The van der Waals surface area contributed by atoms with Crippen molar-refractivity contribution in [2.45, 2.75) is 45.1 Å². The molecule has 0 aromatic heterocycles. The Kier molecular flexibility index (Phi) is 4.43. The lowest BCUT2D eigenvalue weighted by molar-refractivity contribution is 0.158. The fourth-order valence-corrected chi connectivity index (χ4v) is 2.74. The van der Waals surface area contributed by atoms with E-state index in [4.69, 9.17) is 5.73 Å². The molecule has 1 aliphatic heterocycles. The molecule has 2 rings (SSSR count). The van der Waals surface area contributed by atoms with Crippen LogP contribution in [0, 0.1) is 0 Å². The number of hydrogen-bond acceptors (Lipinski definition) is 2. The van der Waals surface area contributed by atoms with Gasteiger partial charge in [0.05, 0.1) is 0 Å². The number of nitrogens with two attached hydrogens (primary N) is 1. The zero-order chi connectivity index (χ0) is 12.1. The normalized spacial score (nSPS) is 19.1. The molecule has 0 bridgehead atoms. The minimum atomic E-state index is 0.707. The van der Waals surface area contributed by atoms with Gasteiger partial charge in [0.1, 0.15) is 0 Å². The van der Waals surface area contributed by atoms with Crippen LogP contribution in [0.1, 0.15) is 38.2 Å². The second kappa shape index (κ2) is 6.06. The van der Waals surface area contributed by atoms with Crippen LogP contribution in [0.5, 0.6) is 0 Å². The molecule has 2 N–H and O–H groups in total. The first kappa shape index (κ1) is 12.4. The summed E-state index contributed by atoms with van der Waals surface area (Å²) in [6.07, 6.45) is 6.56. The summed E-state index contributed by atoms with van der Waals surface area (Å²) in [6.45, 7) is 4.87. The van der Waals surface area contributed by atoms with Crippen LogP contribution in [0.4, 0.5) is 5.69 Å². The molecule has 1 saturated heterocycles. The molecule has 1 fully saturated rings. The average Bonchev–Trinajstić information content (AvgIpc) is 2.39. The van der Waals surface area contributed by atoms with Crippen molar-refractivity contribution in [3.8, 4) is 0 Å². The van der Waals surface area contributed by atoms with E-state index in [1.165, 1.54) is 44.3 Å². The molecule has 94 valence electrons. The van der Waals surface area contributed by atoms with E-state index >= 15 is 0 Å². The number of benzene rings is 1. The molecule has 0 radical (unpaired) electrons. The summed E-state index contributed by atoms with van der Waals surface area (Å²) in [7, 11) is 0. The summed E-state index contributed by atoms with van der Waals surface area (Å²) < 4.78 is 0. The standard InChI is InChI=1S/C15H24N2/c1-2-15(17-10-4-3-5-11-17)12-13-6-8-14(16)9-7-13/h6-9,15H,2-5,10-12,16H2,1H3. The smallest absolute Gasteiger partial charge is 0.0314 e. The summed E-state index contributed by atoms with van der Waals surface area (Å²) in [5.41, 5.74) is 8.00. The SMILES string of the molecule is CCC(Cc1ccc(N)cc1)N1CCCCC1. The van der Waals surface area contributed by atoms with Crippen molar-refractivity contribution < 1.29 is 0 Å². The van der Waals surface area contributed by atoms with Crippen LogP contribution in [0.15, 0.2) is 24.3 Å². The van der Waals surface area contributed by atoms with Gasteiger partial charge in [0.2, 0.25) is 0 Å². The lowest BCUT2D eigenvalue weighted by Crippen LogP contribution is -2.40. The van der Waals surface area contributed by atoms with Gasteiger partial charge in [-0.25, -0.2) is 0 Å². The number of anilines is 1. The topological polar surface area (TPSA) is 29.3 Å². The van der Waals surface area contributed by atoms with Crippen molar-refractivity contribution in [2.24, 2.45) is 0 Å². The Morgan fingerprint density at radius 3 is 2.35 bits per heavy atom. The number of nitrogens with zero attached hydrogens (tertiary/aromatic N) is 1. The van der Waals surface area contributed by atoms with Crippen LogP contribution >= 0.6 is 0 Å². The molecule has 0 aliphatic carbocycles. The molecule has 1 aromatic carbocycles. The molecule has 0 saturated carbocycles. The van der Waals surface area contributed by atoms with Gasteiger partial charge in [0, 0.05) is 11.7 Å². The molecule has 2 nitrogen and oxygen atoms in total. The number of rotatable bonds is 4. The van der Waals surface area contributed by atoms with Gasteiger partial charge in [-0.3, -0.25) is 0 Å². The first-order valence-electron chi connectivity index (χ1n) is 6.88. The van der Waals surface area contributed by atoms with Gasteiger partial charge in [0.15, 0.2) is 0 Å². The maximum absolute atomic E-state index is 5.72. The second-order valence-electron chi connectivity index (χ2n) is 5.10. The van der Waals surface area contributed by atoms with E-state index in [0.717, 1.165) is 12.1 Å². The van der Waals surface area contributed by atoms with Gasteiger partial charge in [0.25, 0.3) is 0 Å². The maximum Gasteiger partial charge on any atom is 0.0314 e. The second-order valence-corrected chi connectivity index (χ2v) is 5.10. The van der Waals surface area contributed by atoms with E-state index in [-0.39, 0.29) is 0 Å². The first-order chi connectivity index (χ1) is 8.29. The van der Waals surface area contributed by atoms with Gasteiger partial charge in [-0.1, -0.05) is 25.5 Å². The Hall–Kier alpha value is -1.02. The Labute approximate surface area is 105 Å². The Morgan fingerprint density at radius 1 is 1.12 bits per heavy atom. The highest BCUT2D eigenvalue weighted by Crippen LogP contribution is 2.18. The molecule has 1 aromatic rings. The Bertz CT molecular complexity index is 325. The molecule has 17 heavy (non-hydrogen) atoms. The average molecular weight is 232 g/mol. The molecular weight excluding hydrogens is 208 g/mol. The molecule has 0 spiro atoms. The van der Waals surface area contributed by atoms with Gasteiger partial charge >= 0.3 is 0 Å². The third-order valence-electron chi connectivity index (χ3n) is 3.83. The van der Waals surface area contributed by atoms with Crippen LogP contribution in [-0.4, -0.2) is 24.0 Å². The van der Waals surface area contributed by atoms with Gasteiger partial charge in [-0.15, -0.1) is 0 Å². The molecule has 2 heteroatoms. The van der Waals surface area contributed by atoms with Crippen molar-refractivity contribution >= 4 is 5.69 Å². The fraction of sp³-hybridized carbons (Fsp3) is 0.600. The van der Waals surface area contributed by atoms with E-state index in [2.05, 4.69) is 24.0 Å². The van der Waals surface area contributed by atoms with E-state index in [9.17, 15) is 0 Å². The van der Waals surface area contributed by atoms with Crippen LogP contribution in [0.3, 0.4) is 0 Å². The minimum Gasteiger partial charge on any atom is -0.399 e. The van der Waals surface area contributed by atoms with Gasteiger partial charge < -0.3 is 10.6 Å². The van der Waals surface area contributed by atoms with E-state index < -0.39 is 0 Å². The quantitative estimate of drug-likeness (QED) is 0.808. The van der Waals surface area contributed by atoms with Crippen LogP contribution in [0.25, 0.3) is 0 Å². The highest BCUT2D eigenvalue weighted by Gasteiger charge is 2.19. The lowest BCUT2D eigenvalue weighted by Gasteiger charge is -2.34. The number of piperidine rings is 1. The number of hydrogen-bond donors (Lipinski definition) is 1. The Balaban J connectivity index is 1.96. The highest BCUT2D eigenvalue weighted by atomic mass is 15.2. The highest BCUT2D eigenvalue weighted by molar-refractivity contribution is 5.39. The monoisotopic (exact) mass is 232 g/mol. The summed E-state index contributed by atoms with van der Waals surface area (Å²) in [6, 6.07) is 9.07. The molecule has 1 unspecified atom stereocenters. The van der Waals surface area contributed by atoms with Crippen molar-refractivity contribution in [1.29, 1.82) is 0 Å². The number of nitrogen functional groups attached to an aromatic ring is 1. The summed E-state index contributed by atoms with van der Waals surface area (Å²) in [4.78, 5) is 2.67. The van der Waals surface area contributed by atoms with Crippen LogP contribution < -0.4 is 5.73 Å². The van der Waals surface area contributed by atoms with E-state index in [0.29, 0.717) is 6.04 Å². The zero-order valence-corrected chi connectivity index (χ0v) is 10.9. The summed E-state index contributed by atoms with van der Waals surface area (Å²) >= 11 is 0. The number of likely N-dealkylation sites (tertiary alicyclic amines) is 1. The van der Waals surface area contributed by atoms with Crippen molar-refractivity contribution in [2.75, 3.05) is 18.8 Å². The Morgan fingerprint density at radius 2 is 1.76 bits per heavy atom. The molecular formula is C15H24N2. The first-order valence-corrected chi connectivity index (χ1v) is 6.88. The third kappa shape index (κ3) is 3.47. The van der Waals surface area contributed by atoms with E-state index in [1.54, 1.807) is 0 Å². The van der Waals surface area contributed by atoms with Crippen molar-refractivity contribution in [3.63, 3.8) is 0 Å². The molecule has 1 heterocycles. The van der Waals surface area contributed by atoms with Gasteiger partial charge in [-0.05, 0) is 56.5 Å². The van der Waals surface area contributed by atoms with Crippen molar-refractivity contribution in [3.05, 3.63) is 29.8 Å². The predicted octanol–water partition coefficient (Wildman–Crippen LogP) is 3.08. The molecule has 0 amide bonds. The molecule has 1 atom stereocenters. The van der Waals surface area contributed by atoms with Crippen molar-refractivity contribution in [1.82, 2.24) is 4.90 Å². The zero-order valence-electron chi connectivity index (χ0n) is 10.9. The van der Waals surface area contributed by atoms with E-state index in [1.807, 2.05) is 12.1 Å². The van der Waals surface area contributed by atoms with Gasteiger partial charge in [-0.2, -0.15) is 0 Å². The molecule has 1 aliphatic rings. The summed E-state index contributed by atoms with van der Waals surface area (Å²) in [5, 5.41) is 0. The minimum absolute atomic E-state index is 0.707. The largest absolute Gasteiger partial charge is 0.399 e. The van der Waals surface area contributed by atoms with Crippen LogP contribution in [-0.2, 0) is 6.42 Å². The van der Waals surface area contributed by atoms with Crippen LogP contribution in [0.2, 0.25) is 0 Å². The maximum atomic E-state index is 5.72. The predicted molar refractivity (Wildman–Crippen MR) is 74.1 cm³/mol. The third-order valence-corrected chi connectivity index (χ3v) is 3.83. The summed E-state index contributed by atoms with van der Waals surface area (Å²) in [5.74, 6) is 0. The fourth-order valence-electron chi connectivity index (χ4n) is 2.74.